The van der Waals surface area contributed by atoms with Crippen molar-refractivity contribution in [1.82, 2.24) is 5.32 Å². The highest BCUT2D eigenvalue weighted by Crippen LogP contribution is 2.27. The molecule has 1 aliphatic rings. The minimum Gasteiger partial charge on any atom is -0.481 e. The number of aliphatic carboxylic acids is 1. The third kappa shape index (κ3) is 4.86. The number of hydrogen-bond acceptors (Lipinski definition) is 2. The maximum atomic E-state index is 11.8. The number of carboxylic acid groups (broad SMARTS) is 1. The topological polar surface area (TPSA) is 66.4 Å². The number of benzene rings is 1. The Balaban J connectivity index is 1.69. The van der Waals surface area contributed by atoms with Gasteiger partial charge in [-0.15, -0.1) is 0 Å². The van der Waals surface area contributed by atoms with Crippen molar-refractivity contribution in [3.63, 3.8) is 0 Å². The van der Waals surface area contributed by atoms with Gasteiger partial charge in [-0.1, -0.05) is 38.1 Å². The zero-order valence-corrected chi connectivity index (χ0v) is 13.3. The second-order valence-electron chi connectivity index (χ2n) is 6.69. The number of nitrogens with one attached hydrogen (secondary N) is 1. The number of carboxylic acids is 1. The molecule has 1 aliphatic carbocycles. The maximum Gasteiger partial charge on any atom is 0.306 e. The highest BCUT2D eigenvalue weighted by molar-refractivity contribution is 5.77. The molecule has 22 heavy (non-hydrogen) atoms. The number of amides is 1. The lowest BCUT2D eigenvalue weighted by molar-refractivity contribution is -0.146. The van der Waals surface area contributed by atoms with E-state index < -0.39 is 5.97 Å². The van der Waals surface area contributed by atoms with E-state index in [-0.39, 0.29) is 17.9 Å². The fourth-order valence-corrected chi connectivity index (χ4v) is 2.81. The maximum absolute atomic E-state index is 11.8. The summed E-state index contributed by atoms with van der Waals surface area (Å²) in [6.45, 7) is 4.40. The number of hydrogen-bond donors (Lipinski definition) is 2. The Kier molecular flexibility index (Phi) is 5.58. The molecule has 1 fully saturated rings. The fourth-order valence-electron chi connectivity index (χ4n) is 2.81. The fraction of sp³-hybridized carbons (Fsp3) is 0.556. The van der Waals surface area contributed by atoms with Crippen molar-refractivity contribution in [2.75, 3.05) is 0 Å². The summed E-state index contributed by atoms with van der Waals surface area (Å²) < 4.78 is 0. The molecule has 120 valence electrons. The molecule has 1 aromatic rings. The molecule has 2 rings (SSSR count). The Morgan fingerprint density at radius 3 is 2.32 bits per heavy atom. The van der Waals surface area contributed by atoms with E-state index in [1.54, 1.807) is 0 Å². The van der Waals surface area contributed by atoms with Crippen molar-refractivity contribution in [3.05, 3.63) is 35.4 Å². The van der Waals surface area contributed by atoms with E-state index in [4.69, 9.17) is 5.11 Å². The summed E-state index contributed by atoms with van der Waals surface area (Å²) in [5.41, 5.74) is 2.50. The van der Waals surface area contributed by atoms with Crippen LogP contribution in [0.1, 0.15) is 44.2 Å². The van der Waals surface area contributed by atoms with Gasteiger partial charge in [-0.05, 0) is 42.7 Å². The van der Waals surface area contributed by atoms with Crippen LogP contribution in [0.15, 0.2) is 24.3 Å². The quantitative estimate of drug-likeness (QED) is 0.814. The van der Waals surface area contributed by atoms with Crippen LogP contribution in [0.3, 0.4) is 0 Å². The van der Waals surface area contributed by atoms with Crippen molar-refractivity contribution in [1.29, 1.82) is 0 Å². The van der Waals surface area contributed by atoms with Crippen LogP contribution in [-0.4, -0.2) is 23.0 Å². The van der Waals surface area contributed by atoms with Gasteiger partial charge in [0.1, 0.15) is 0 Å². The predicted molar refractivity (Wildman–Crippen MR) is 85.6 cm³/mol. The smallest absolute Gasteiger partial charge is 0.306 e. The van der Waals surface area contributed by atoms with E-state index in [1.807, 2.05) is 0 Å². The molecule has 0 heterocycles. The molecule has 2 N–H and O–H groups in total. The number of carbonyl (C=O) groups is 2. The van der Waals surface area contributed by atoms with E-state index in [0.29, 0.717) is 25.2 Å². The summed E-state index contributed by atoms with van der Waals surface area (Å²) in [6, 6.07) is 8.50. The second-order valence-corrected chi connectivity index (χ2v) is 6.69. The first-order valence-electron chi connectivity index (χ1n) is 8.04. The van der Waals surface area contributed by atoms with Gasteiger partial charge < -0.3 is 10.4 Å². The van der Waals surface area contributed by atoms with Crippen LogP contribution >= 0.6 is 0 Å². The monoisotopic (exact) mass is 303 g/mol. The minimum atomic E-state index is -0.757. The first-order valence-corrected chi connectivity index (χ1v) is 8.04. The number of aryl methyl sites for hydroxylation is 1. The third-order valence-electron chi connectivity index (χ3n) is 4.16. The largest absolute Gasteiger partial charge is 0.481 e. The zero-order chi connectivity index (χ0) is 16.1. The highest BCUT2D eigenvalue weighted by Gasteiger charge is 2.34. The average molecular weight is 303 g/mol. The van der Waals surface area contributed by atoms with E-state index in [1.165, 1.54) is 11.1 Å². The Morgan fingerprint density at radius 1 is 1.18 bits per heavy atom. The molecular formula is C18H25NO3. The summed E-state index contributed by atoms with van der Waals surface area (Å²) in [4.78, 5) is 22.6. The predicted octanol–water partition coefficient (Wildman–Crippen LogP) is 2.80. The Bertz CT molecular complexity index is 516. The molecule has 4 heteroatoms. The van der Waals surface area contributed by atoms with Crippen molar-refractivity contribution in [3.8, 4) is 0 Å². The molecule has 0 bridgehead atoms. The van der Waals surface area contributed by atoms with Gasteiger partial charge in [-0.2, -0.15) is 0 Å². The first-order chi connectivity index (χ1) is 10.4. The molecule has 0 radical (unpaired) electrons. The van der Waals surface area contributed by atoms with E-state index in [0.717, 1.165) is 12.8 Å². The van der Waals surface area contributed by atoms with E-state index >= 15 is 0 Å². The number of carbonyl (C=O) groups excluding carboxylic acids is 1. The molecule has 4 nitrogen and oxygen atoms in total. The standard InChI is InChI=1S/C18H25NO3/c1-12(2)9-14-5-3-13(4-6-14)7-8-17(20)19-16-10-15(11-16)18(21)22/h3-6,12,15-16H,7-11H2,1-2H3,(H,19,20)(H,21,22). The van der Waals surface area contributed by atoms with Crippen LogP contribution in [0.2, 0.25) is 0 Å². The Labute approximate surface area is 131 Å². The van der Waals surface area contributed by atoms with Crippen molar-refractivity contribution in [2.24, 2.45) is 11.8 Å². The van der Waals surface area contributed by atoms with Gasteiger partial charge in [0, 0.05) is 12.5 Å². The van der Waals surface area contributed by atoms with Gasteiger partial charge in [0.2, 0.25) is 5.91 Å². The third-order valence-corrected chi connectivity index (χ3v) is 4.16. The van der Waals surface area contributed by atoms with Crippen molar-refractivity contribution in [2.45, 2.75) is 52.0 Å². The molecule has 1 saturated carbocycles. The lowest BCUT2D eigenvalue weighted by atomic mass is 9.80. The van der Waals surface area contributed by atoms with Crippen LogP contribution in [0.25, 0.3) is 0 Å². The van der Waals surface area contributed by atoms with E-state index in [2.05, 4.69) is 43.4 Å². The molecule has 1 amide bonds. The summed E-state index contributed by atoms with van der Waals surface area (Å²) in [5.74, 6) is -0.375. The zero-order valence-electron chi connectivity index (χ0n) is 13.3. The summed E-state index contributed by atoms with van der Waals surface area (Å²) in [6.07, 6.45) is 3.38. The molecule has 0 saturated heterocycles. The summed E-state index contributed by atoms with van der Waals surface area (Å²) >= 11 is 0. The second kappa shape index (κ2) is 7.43. The van der Waals surface area contributed by atoms with Crippen LogP contribution in [0.5, 0.6) is 0 Å². The van der Waals surface area contributed by atoms with Gasteiger partial charge in [0.05, 0.1) is 5.92 Å². The molecule has 0 spiro atoms. The molecule has 0 unspecified atom stereocenters. The van der Waals surface area contributed by atoms with Crippen LogP contribution < -0.4 is 5.32 Å². The van der Waals surface area contributed by atoms with Crippen molar-refractivity contribution < 1.29 is 14.7 Å². The number of rotatable bonds is 7. The first kappa shape index (κ1) is 16.5. The lowest BCUT2D eigenvalue weighted by Gasteiger charge is -2.32. The average Bonchev–Trinajstić information content (AvgIpc) is 2.40. The molecule has 0 atom stereocenters. The Morgan fingerprint density at radius 2 is 1.77 bits per heavy atom. The molecular weight excluding hydrogens is 278 g/mol. The van der Waals surface area contributed by atoms with Gasteiger partial charge in [0.25, 0.3) is 0 Å². The van der Waals surface area contributed by atoms with Gasteiger partial charge in [-0.25, -0.2) is 0 Å². The van der Waals surface area contributed by atoms with Gasteiger partial charge >= 0.3 is 5.97 Å². The van der Waals surface area contributed by atoms with Crippen LogP contribution in [0.4, 0.5) is 0 Å². The van der Waals surface area contributed by atoms with Gasteiger partial charge in [0.15, 0.2) is 0 Å². The van der Waals surface area contributed by atoms with Crippen molar-refractivity contribution >= 4 is 11.9 Å². The molecule has 1 aromatic carbocycles. The Hall–Kier alpha value is -1.84. The minimum absolute atomic E-state index is 0.0140. The van der Waals surface area contributed by atoms with Gasteiger partial charge in [-0.3, -0.25) is 9.59 Å². The van der Waals surface area contributed by atoms with Crippen LogP contribution in [0, 0.1) is 11.8 Å². The normalized spacial score (nSPS) is 20.5. The van der Waals surface area contributed by atoms with Crippen LogP contribution in [-0.2, 0) is 22.4 Å². The SMILES string of the molecule is CC(C)Cc1ccc(CCC(=O)NC2CC(C(=O)O)C2)cc1. The summed E-state index contributed by atoms with van der Waals surface area (Å²) in [7, 11) is 0. The molecule has 0 aliphatic heterocycles. The highest BCUT2D eigenvalue weighted by atomic mass is 16.4. The molecule has 0 aromatic heterocycles. The lowest BCUT2D eigenvalue weighted by Crippen LogP contribution is -2.46. The summed E-state index contributed by atoms with van der Waals surface area (Å²) in [5, 5.41) is 11.7. The van der Waals surface area contributed by atoms with E-state index in [9.17, 15) is 9.59 Å².